The van der Waals surface area contributed by atoms with Crippen molar-refractivity contribution in [2.24, 2.45) is 0 Å². The smallest absolute Gasteiger partial charge is 0.279 e. The van der Waals surface area contributed by atoms with E-state index in [9.17, 15) is 18.0 Å². The van der Waals surface area contributed by atoms with Crippen LogP contribution in [0.15, 0.2) is 29.2 Å². The molecule has 0 radical (unpaired) electrons. The second-order valence-corrected chi connectivity index (χ2v) is 11.0. The van der Waals surface area contributed by atoms with Crippen LogP contribution in [0.3, 0.4) is 0 Å². The number of aryl methyl sites for hydroxylation is 2. The van der Waals surface area contributed by atoms with Crippen molar-refractivity contribution in [2.75, 3.05) is 7.11 Å². The number of thiophene rings is 1. The maximum absolute atomic E-state index is 12.6. The maximum Gasteiger partial charge on any atom is 0.279 e. The first-order chi connectivity index (χ1) is 15.4. The number of ether oxygens (including phenoxy) is 1. The van der Waals surface area contributed by atoms with Crippen LogP contribution in [0.2, 0.25) is 0 Å². The summed E-state index contributed by atoms with van der Waals surface area (Å²) in [6, 6.07) is 5.97. The number of hydrazine groups is 1. The molecule has 8 nitrogen and oxygen atoms in total. The van der Waals surface area contributed by atoms with Gasteiger partial charge in [-0.3, -0.25) is 20.4 Å². The van der Waals surface area contributed by atoms with Crippen molar-refractivity contribution in [2.45, 2.75) is 62.3 Å². The van der Waals surface area contributed by atoms with Crippen LogP contribution < -0.4 is 20.3 Å². The molecule has 0 saturated heterocycles. The number of fused-ring (bicyclic) bond motifs is 1. The number of carbonyl (C=O) groups is 2. The summed E-state index contributed by atoms with van der Waals surface area (Å²) in [5, 5.41) is 0. The normalized spacial score (nSPS) is 16.4. The van der Waals surface area contributed by atoms with Crippen LogP contribution in [-0.2, 0) is 22.9 Å². The number of amides is 2. The maximum atomic E-state index is 12.6. The van der Waals surface area contributed by atoms with Crippen LogP contribution in [0.4, 0.5) is 0 Å². The Kier molecular flexibility index (Phi) is 6.82. The van der Waals surface area contributed by atoms with Gasteiger partial charge in [0.1, 0.15) is 10.6 Å². The predicted molar refractivity (Wildman–Crippen MR) is 121 cm³/mol. The van der Waals surface area contributed by atoms with E-state index in [1.54, 1.807) is 0 Å². The monoisotopic (exact) mass is 477 g/mol. The van der Waals surface area contributed by atoms with Crippen LogP contribution in [0, 0.1) is 0 Å². The molecule has 3 N–H and O–H groups in total. The van der Waals surface area contributed by atoms with Gasteiger partial charge in [0.05, 0.1) is 12.0 Å². The van der Waals surface area contributed by atoms with Gasteiger partial charge in [0.25, 0.3) is 11.8 Å². The van der Waals surface area contributed by atoms with Gasteiger partial charge in [-0.25, -0.2) is 13.1 Å². The molecule has 2 aromatic rings. The minimum Gasteiger partial charge on any atom is -0.495 e. The Morgan fingerprint density at radius 3 is 2.44 bits per heavy atom. The van der Waals surface area contributed by atoms with Gasteiger partial charge >= 0.3 is 0 Å². The van der Waals surface area contributed by atoms with Crippen molar-refractivity contribution in [1.29, 1.82) is 0 Å². The van der Waals surface area contributed by atoms with Gasteiger partial charge in [-0.2, -0.15) is 0 Å². The van der Waals surface area contributed by atoms with E-state index in [1.807, 2.05) is 6.07 Å². The zero-order chi connectivity index (χ0) is 22.7. The van der Waals surface area contributed by atoms with Gasteiger partial charge in [0.15, 0.2) is 0 Å². The van der Waals surface area contributed by atoms with E-state index in [1.165, 1.54) is 59.9 Å². The lowest BCUT2D eigenvalue weighted by atomic mass is 10.00. The van der Waals surface area contributed by atoms with E-state index in [-0.39, 0.29) is 28.2 Å². The zero-order valence-corrected chi connectivity index (χ0v) is 19.5. The molecule has 0 bridgehead atoms. The summed E-state index contributed by atoms with van der Waals surface area (Å²) in [4.78, 5) is 26.9. The van der Waals surface area contributed by atoms with Gasteiger partial charge in [0, 0.05) is 16.5 Å². The minimum absolute atomic E-state index is 0.0771. The van der Waals surface area contributed by atoms with Gasteiger partial charge in [-0.15, -0.1) is 11.3 Å². The topological polar surface area (TPSA) is 114 Å². The van der Waals surface area contributed by atoms with Crippen molar-refractivity contribution in [1.82, 2.24) is 15.6 Å². The molecule has 1 aromatic heterocycles. The molecule has 1 saturated carbocycles. The molecule has 2 aliphatic rings. The Morgan fingerprint density at radius 2 is 1.72 bits per heavy atom. The number of sulfonamides is 1. The highest BCUT2D eigenvalue weighted by Gasteiger charge is 2.30. The molecule has 0 atom stereocenters. The van der Waals surface area contributed by atoms with Crippen molar-refractivity contribution < 1.29 is 22.7 Å². The van der Waals surface area contributed by atoms with Gasteiger partial charge in [0.2, 0.25) is 10.0 Å². The summed E-state index contributed by atoms with van der Waals surface area (Å²) >= 11 is 1.47. The summed E-state index contributed by atoms with van der Waals surface area (Å²) in [7, 11) is -2.45. The Bertz CT molecular complexity index is 1100. The Morgan fingerprint density at radius 1 is 1.00 bits per heavy atom. The average Bonchev–Trinajstić information content (AvgIpc) is 3.48. The zero-order valence-electron chi connectivity index (χ0n) is 17.9. The number of hydrogen-bond donors (Lipinski definition) is 3. The van der Waals surface area contributed by atoms with Crippen LogP contribution in [-0.4, -0.2) is 33.4 Å². The lowest BCUT2D eigenvalue weighted by molar-refractivity contribution is 0.0848. The SMILES string of the molecule is COc1ccc(C(=O)NNC(=O)c2cc3c(s2)CCCCCC3)cc1S(=O)(=O)NC1CC1. The van der Waals surface area contributed by atoms with Gasteiger partial charge in [-0.05, 0) is 68.4 Å². The first kappa shape index (κ1) is 22.8. The summed E-state index contributed by atoms with van der Waals surface area (Å²) in [6.45, 7) is 0. The predicted octanol–water partition coefficient (Wildman–Crippen LogP) is 2.93. The third-order valence-electron chi connectivity index (χ3n) is 5.62. The molecular weight excluding hydrogens is 450 g/mol. The van der Waals surface area contributed by atoms with Crippen molar-refractivity contribution in [3.63, 3.8) is 0 Å². The number of carbonyl (C=O) groups excluding carboxylic acids is 2. The lowest BCUT2D eigenvalue weighted by Gasteiger charge is -2.12. The molecule has 2 aliphatic carbocycles. The fourth-order valence-corrected chi connectivity index (χ4v) is 6.36. The molecule has 0 aliphatic heterocycles. The average molecular weight is 478 g/mol. The quantitative estimate of drug-likeness (QED) is 0.554. The second kappa shape index (κ2) is 9.60. The molecular formula is C22H27N3O5S2. The van der Waals surface area contributed by atoms with Crippen LogP contribution >= 0.6 is 11.3 Å². The number of methoxy groups -OCH3 is 1. The number of hydrogen-bond acceptors (Lipinski definition) is 6. The first-order valence-electron chi connectivity index (χ1n) is 10.8. The molecule has 4 rings (SSSR count). The largest absolute Gasteiger partial charge is 0.495 e. The van der Waals surface area contributed by atoms with E-state index in [0.717, 1.165) is 38.5 Å². The van der Waals surface area contributed by atoms with Gasteiger partial charge in [-0.1, -0.05) is 12.8 Å². The molecule has 1 aromatic carbocycles. The second-order valence-electron chi connectivity index (χ2n) is 8.14. The summed E-state index contributed by atoms with van der Waals surface area (Å²) in [5.74, 6) is -0.847. The summed E-state index contributed by atoms with van der Waals surface area (Å²) in [5.41, 5.74) is 6.15. The fraction of sp³-hybridized carbons (Fsp3) is 0.455. The summed E-state index contributed by atoms with van der Waals surface area (Å²) in [6.07, 6.45) is 8.22. The Hall–Kier alpha value is -2.43. The third kappa shape index (κ3) is 5.31. The first-order valence-corrected chi connectivity index (χ1v) is 13.1. The fourth-order valence-electron chi connectivity index (χ4n) is 3.72. The van der Waals surface area contributed by atoms with E-state index >= 15 is 0 Å². The van der Waals surface area contributed by atoms with Crippen LogP contribution in [0.1, 0.15) is 69.0 Å². The van der Waals surface area contributed by atoms with E-state index in [4.69, 9.17) is 4.74 Å². The highest BCUT2D eigenvalue weighted by Crippen LogP contribution is 2.29. The highest BCUT2D eigenvalue weighted by molar-refractivity contribution is 7.89. The van der Waals surface area contributed by atoms with E-state index in [2.05, 4.69) is 15.6 Å². The third-order valence-corrected chi connectivity index (χ3v) is 8.40. The van der Waals surface area contributed by atoms with Gasteiger partial charge < -0.3 is 4.74 Å². The lowest BCUT2D eigenvalue weighted by Crippen LogP contribution is -2.41. The molecule has 1 heterocycles. The van der Waals surface area contributed by atoms with Crippen LogP contribution in [0.25, 0.3) is 0 Å². The minimum atomic E-state index is -3.82. The van der Waals surface area contributed by atoms with E-state index in [0.29, 0.717) is 4.88 Å². The Labute approximate surface area is 191 Å². The number of nitrogens with one attached hydrogen (secondary N) is 3. The van der Waals surface area contributed by atoms with Crippen molar-refractivity contribution >= 4 is 33.2 Å². The molecule has 32 heavy (non-hydrogen) atoms. The van der Waals surface area contributed by atoms with Crippen molar-refractivity contribution in [3.05, 3.63) is 45.1 Å². The number of rotatable bonds is 6. The Balaban J connectivity index is 1.44. The molecule has 10 heteroatoms. The van der Waals surface area contributed by atoms with E-state index < -0.39 is 15.9 Å². The standard InChI is InChI=1S/C22H27N3O5S2/c1-30-17-11-8-15(13-20(17)32(28,29)25-16-9-10-16)21(26)23-24-22(27)19-12-14-6-4-2-3-5-7-18(14)31-19/h8,11-13,16,25H,2-7,9-10H2,1H3,(H,23,26)(H,24,27). The molecule has 0 unspecified atom stereocenters. The summed E-state index contributed by atoms with van der Waals surface area (Å²) < 4.78 is 33.0. The molecule has 172 valence electrons. The highest BCUT2D eigenvalue weighted by atomic mass is 32.2. The molecule has 2 amide bonds. The number of benzene rings is 1. The van der Waals surface area contributed by atoms with Crippen LogP contribution in [0.5, 0.6) is 5.75 Å². The molecule has 0 spiro atoms. The van der Waals surface area contributed by atoms with Crippen molar-refractivity contribution in [3.8, 4) is 5.75 Å². The molecule has 1 fully saturated rings.